The summed E-state index contributed by atoms with van der Waals surface area (Å²) in [5, 5.41) is 0.892. The van der Waals surface area contributed by atoms with Crippen molar-refractivity contribution < 1.29 is 19.2 Å². The molecular weight excluding hydrogens is 583 g/mol. The zero-order valence-corrected chi connectivity index (χ0v) is 24.9. The van der Waals surface area contributed by atoms with Crippen molar-refractivity contribution in [3.8, 4) is 0 Å². The van der Waals surface area contributed by atoms with Crippen LogP contribution in [0.25, 0.3) is 0 Å². The van der Waals surface area contributed by atoms with Gasteiger partial charge >= 0.3 is 0 Å². The van der Waals surface area contributed by atoms with Crippen molar-refractivity contribution in [2.24, 2.45) is 11.3 Å². The predicted octanol–water partition coefficient (Wildman–Crippen LogP) is 6.78. The van der Waals surface area contributed by atoms with Crippen molar-refractivity contribution in [1.82, 2.24) is 0 Å². The fraction of sp³-hybridized carbons (Fsp3) is 0.200. The molecule has 3 aliphatic rings. The lowest BCUT2D eigenvalue weighted by atomic mass is 9.54. The summed E-state index contributed by atoms with van der Waals surface area (Å²) in [6, 6.07) is 26.3. The first-order chi connectivity index (χ1) is 20.6. The zero-order chi connectivity index (χ0) is 30.2. The monoisotopic (exact) mass is 608 g/mol. The third-order valence-electron chi connectivity index (χ3n) is 9.13. The van der Waals surface area contributed by atoms with E-state index in [1.807, 2.05) is 38.1 Å². The number of benzene rings is 4. The summed E-state index contributed by atoms with van der Waals surface area (Å²) >= 11 is 12.7. The van der Waals surface area contributed by atoms with Gasteiger partial charge in [0, 0.05) is 10.0 Å². The van der Waals surface area contributed by atoms with Gasteiger partial charge in [-0.3, -0.25) is 19.2 Å². The minimum absolute atomic E-state index is 0.0512. The third-order valence-corrected chi connectivity index (χ3v) is 9.62. The smallest absolute Gasteiger partial charge is 0.242 e. The first-order valence-electron chi connectivity index (χ1n) is 14.0. The van der Waals surface area contributed by atoms with E-state index in [0.29, 0.717) is 32.5 Å². The van der Waals surface area contributed by atoms with Gasteiger partial charge < -0.3 is 0 Å². The number of carbonyl (C=O) groups is 4. The molecule has 2 heterocycles. The van der Waals surface area contributed by atoms with Gasteiger partial charge in [-0.1, -0.05) is 76.8 Å². The van der Waals surface area contributed by atoms with E-state index < -0.39 is 46.8 Å². The Morgan fingerprint density at radius 2 is 1.19 bits per heavy atom. The van der Waals surface area contributed by atoms with Crippen LogP contribution in [0.1, 0.15) is 39.7 Å². The van der Waals surface area contributed by atoms with E-state index >= 15 is 0 Å². The highest BCUT2D eigenvalue weighted by Gasteiger charge is 2.73. The molecule has 0 N–H and O–H groups in total. The van der Waals surface area contributed by atoms with Crippen LogP contribution >= 0.6 is 23.2 Å². The summed E-state index contributed by atoms with van der Waals surface area (Å²) in [6.45, 7) is 3.84. The third kappa shape index (κ3) is 4.00. The van der Waals surface area contributed by atoms with Gasteiger partial charge in [-0.15, -0.1) is 0 Å². The first kappa shape index (κ1) is 27.6. The fourth-order valence-electron chi connectivity index (χ4n) is 7.20. The van der Waals surface area contributed by atoms with E-state index in [0.717, 1.165) is 16.7 Å². The number of amides is 4. The SMILES string of the molecule is Cc1ccc(N2C(=O)[C@@H]3c4ccc(Cl)cc4[C@@H]4C(=O)N(c5ccc(C)cc5)C(=O)[C@@]4(Cc4ccc(Cl)cc4)[C@H]3C2=O)cc1. The number of fused-ring (bicyclic) bond motifs is 6. The predicted molar refractivity (Wildman–Crippen MR) is 165 cm³/mol. The Morgan fingerprint density at radius 3 is 1.79 bits per heavy atom. The largest absolute Gasteiger partial charge is 0.274 e. The molecule has 8 heteroatoms. The second kappa shape index (κ2) is 9.90. The highest BCUT2D eigenvalue weighted by Crippen LogP contribution is 2.63. The molecule has 0 aromatic heterocycles. The Labute approximate surface area is 258 Å². The molecule has 2 aliphatic heterocycles. The van der Waals surface area contributed by atoms with E-state index in [1.165, 1.54) is 9.80 Å². The molecule has 214 valence electrons. The van der Waals surface area contributed by atoms with Crippen LogP contribution in [-0.4, -0.2) is 23.6 Å². The minimum atomic E-state index is -1.59. The average molecular weight is 610 g/mol. The molecule has 4 aromatic carbocycles. The normalized spacial score (nSPS) is 24.3. The lowest BCUT2D eigenvalue weighted by molar-refractivity contribution is -0.138. The van der Waals surface area contributed by atoms with E-state index in [2.05, 4.69) is 0 Å². The van der Waals surface area contributed by atoms with Crippen LogP contribution in [0.3, 0.4) is 0 Å². The molecule has 0 spiro atoms. The first-order valence-corrected chi connectivity index (χ1v) is 14.8. The molecule has 0 bridgehead atoms. The highest BCUT2D eigenvalue weighted by molar-refractivity contribution is 6.33. The van der Waals surface area contributed by atoms with Crippen LogP contribution in [0, 0.1) is 25.2 Å². The Morgan fingerprint density at radius 1 is 0.628 bits per heavy atom. The number of aryl methyl sites for hydroxylation is 2. The van der Waals surface area contributed by atoms with Crippen LogP contribution in [0.2, 0.25) is 10.0 Å². The van der Waals surface area contributed by atoms with Crippen molar-refractivity contribution in [2.75, 3.05) is 9.80 Å². The highest BCUT2D eigenvalue weighted by atomic mass is 35.5. The van der Waals surface area contributed by atoms with Crippen molar-refractivity contribution >= 4 is 58.2 Å². The van der Waals surface area contributed by atoms with Gasteiger partial charge in [0.05, 0.1) is 34.5 Å². The standard InChI is InChI=1S/C35H26Cl2N2O4/c1-19-3-12-24(13-4-19)38-31(40)28-26-16-11-23(37)17-27(26)29-32(41)39(25-14-5-20(2)6-15-25)34(43)35(29,30(28)33(38)42)18-21-7-9-22(36)10-8-21/h3-17,28-30H,18H2,1-2H3/t28-,29-,30-,35-/m1/s1. The van der Waals surface area contributed by atoms with Gasteiger partial charge in [0.1, 0.15) is 0 Å². The van der Waals surface area contributed by atoms with Crippen LogP contribution in [0.5, 0.6) is 0 Å². The second-order valence-electron chi connectivity index (χ2n) is 11.7. The van der Waals surface area contributed by atoms with Gasteiger partial charge in [-0.05, 0) is 85.5 Å². The number of imide groups is 2. The van der Waals surface area contributed by atoms with Gasteiger partial charge in [-0.2, -0.15) is 0 Å². The molecule has 6 nitrogen and oxygen atoms in total. The summed E-state index contributed by atoms with van der Waals surface area (Å²) in [5.74, 6) is -5.01. The molecule has 0 radical (unpaired) electrons. The molecule has 0 saturated carbocycles. The van der Waals surface area contributed by atoms with E-state index in [-0.39, 0.29) is 6.42 Å². The van der Waals surface area contributed by atoms with Crippen LogP contribution in [-0.2, 0) is 25.6 Å². The van der Waals surface area contributed by atoms with Crippen LogP contribution in [0.4, 0.5) is 11.4 Å². The summed E-state index contributed by atoms with van der Waals surface area (Å²) in [5.41, 5.74) is 2.97. The molecular formula is C35H26Cl2N2O4. The van der Waals surface area contributed by atoms with Crippen molar-refractivity contribution in [3.05, 3.63) is 129 Å². The Kier molecular flexibility index (Phi) is 6.35. The Hall–Kier alpha value is -4.26. The lowest BCUT2D eigenvalue weighted by Crippen LogP contribution is -2.51. The van der Waals surface area contributed by atoms with E-state index in [1.54, 1.807) is 66.7 Å². The molecule has 2 fully saturated rings. The summed E-state index contributed by atoms with van der Waals surface area (Å²) in [7, 11) is 0. The molecule has 4 atom stereocenters. The number of hydrogen-bond acceptors (Lipinski definition) is 4. The van der Waals surface area contributed by atoms with Crippen LogP contribution in [0.15, 0.2) is 91.0 Å². The Bertz CT molecular complexity index is 1840. The second-order valence-corrected chi connectivity index (χ2v) is 12.5. The zero-order valence-electron chi connectivity index (χ0n) is 23.4. The molecule has 1 aliphatic carbocycles. The van der Waals surface area contributed by atoms with E-state index in [4.69, 9.17) is 23.2 Å². The van der Waals surface area contributed by atoms with Crippen LogP contribution < -0.4 is 9.80 Å². The molecule has 0 unspecified atom stereocenters. The van der Waals surface area contributed by atoms with Gasteiger partial charge in [-0.25, -0.2) is 9.80 Å². The minimum Gasteiger partial charge on any atom is -0.274 e. The maximum Gasteiger partial charge on any atom is 0.242 e. The van der Waals surface area contributed by atoms with Gasteiger partial charge in [0.25, 0.3) is 0 Å². The van der Waals surface area contributed by atoms with Crippen molar-refractivity contribution in [1.29, 1.82) is 0 Å². The van der Waals surface area contributed by atoms with Crippen molar-refractivity contribution in [2.45, 2.75) is 32.1 Å². The number of anilines is 2. The molecule has 7 rings (SSSR count). The fourth-order valence-corrected chi connectivity index (χ4v) is 7.51. The average Bonchev–Trinajstić information content (AvgIpc) is 3.38. The number of rotatable bonds is 4. The molecule has 4 amide bonds. The lowest BCUT2D eigenvalue weighted by Gasteiger charge is -2.43. The van der Waals surface area contributed by atoms with Crippen molar-refractivity contribution in [3.63, 3.8) is 0 Å². The maximum absolute atomic E-state index is 15.0. The Balaban J connectivity index is 1.50. The van der Waals surface area contributed by atoms with Gasteiger partial charge in [0.2, 0.25) is 23.6 Å². The summed E-state index contributed by atoms with van der Waals surface area (Å²) in [6.07, 6.45) is 0.0512. The molecule has 2 saturated heterocycles. The number of carbonyl (C=O) groups excluding carboxylic acids is 4. The quantitative estimate of drug-likeness (QED) is 0.239. The topological polar surface area (TPSA) is 74.8 Å². The number of hydrogen-bond donors (Lipinski definition) is 0. The number of nitrogens with zero attached hydrogens (tertiary/aromatic N) is 2. The van der Waals surface area contributed by atoms with E-state index in [9.17, 15) is 19.2 Å². The summed E-state index contributed by atoms with van der Waals surface area (Å²) < 4.78 is 0. The maximum atomic E-state index is 15.0. The summed E-state index contributed by atoms with van der Waals surface area (Å²) in [4.78, 5) is 60.9. The van der Waals surface area contributed by atoms with Gasteiger partial charge in [0.15, 0.2) is 0 Å². The molecule has 4 aromatic rings. The molecule has 43 heavy (non-hydrogen) atoms. The number of halogens is 2.